The predicted octanol–water partition coefficient (Wildman–Crippen LogP) is 2.78. The number of methoxy groups -OCH3 is 1. The van der Waals surface area contributed by atoms with Crippen LogP contribution in [0.5, 0.6) is 5.75 Å². The van der Waals surface area contributed by atoms with Gasteiger partial charge < -0.3 is 14.8 Å². The van der Waals surface area contributed by atoms with E-state index in [9.17, 15) is 18.0 Å². The normalized spacial score (nSPS) is 22.7. The van der Waals surface area contributed by atoms with Crippen LogP contribution in [-0.4, -0.2) is 46.6 Å². The number of anilines is 1. The maximum Gasteiger partial charge on any atom is 0.321 e. The molecule has 1 saturated heterocycles. The molecule has 0 aromatic heterocycles. The van der Waals surface area contributed by atoms with Gasteiger partial charge in [0.25, 0.3) is 10.0 Å². The summed E-state index contributed by atoms with van der Waals surface area (Å²) < 4.78 is 40.2. The molecule has 2 heterocycles. The highest BCUT2D eigenvalue weighted by Crippen LogP contribution is 2.42. The van der Waals surface area contributed by atoms with Crippen LogP contribution in [0.1, 0.15) is 18.4 Å². The van der Waals surface area contributed by atoms with Crippen molar-refractivity contribution >= 4 is 43.5 Å². The average Bonchev–Trinajstić information content (AvgIpc) is 3.13. The van der Waals surface area contributed by atoms with Crippen molar-refractivity contribution in [1.29, 1.82) is 0 Å². The summed E-state index contributed by atoms with van der Waals surface area (Å²) in [6.45, 7) is 2.12. The molecule has 1 fully saturated rings. The first-order chi connectivity index (χ1) is 15.2. The van der Waals surface area contributed by atoms with Crippen molar-refractivity contribution in [3.05, 3.63) is 52.5 Å². The monoisotopic (exact) mass is 522 g/mol. The number of amides is 1. The molecule has 0 saturated carbocycles. The number of aryl methyl sites for hydroxylation is 1. The van der Waals surface area contributed by atoms with E-state index in [4.69, 9.17) is 9.47 Å². The molecule has 1 unspecified atom stereocenters. The number of nitrogens with one attached hydrogen (secondary N) is 1. The zero-order valence-electron chi connectivity index (χ0n) is 17.6. The number of carbonyl (C=O) groups is 2. The Kier molecular flexibility index (Phi) is 5.93. The predicted molar refractivity (Wildman–Crippen MR) is 121 cm³/mol. The molecule has 1 amide bonds. The second-order valence-electron chi connectivity index (χ2n) is 7.99. The molecular weight excluding hydrogens is 500 g/mol. The van der Waals surface area contributed by atoms with E-state index in [0.29, 0.717) is 22.5 Å². The molecule has 0 radical (unpaired) electrons. The van der Waals surface area contributed by atoms with Crippen LogP contribution in [0.2, 0.25) is 0 Å². The molecule has 2 atom stereocenters. The second kappa shape index (κ2) is 8.40. The Bertz CT molecular complexity index is 1180. The molecule has 10 heteroatoms. The number of hydrogen-bond acceptors (Lipinski definition) is 6. The maximum absolute atomic E-state index is 13.6. The Balaban J connectivity index is 1.75. The summed E-state index contributed by atoms with van der Waals surface area (Å²) in [5.74, 6) is -0.715. The fourth-order valence-corrected chi connectivity index (χ4v) is 6.20. The zero-order chi connectivity index (χ0) is 23.1. The van der Waals surface area contributed by atoms with Crippen LogP contribution in [0.4, 0.5) is 5.69 Å². The number of hydrogen-bond donors (Lipinski definition) is 1. The van der Waals surface area contributed by atoms with Crippen molar-refractivity contribution in [3.8, 4) is 5.75 Å². The van der Waals surface area contributed by atoms with Gasteiger partial charge in [0.15, 0.2) is 5.41 Å². The summed E-state index contributed by atoms with van der Waals surface area (Å²) >= 11 is 3.39. The van der Waals surface area contributed by atoms with Gasteiger partial charge in [-0.25, -0.2) is 8.42 Å². The fraction of sp³-hybridized carbons (Fsp3) is 0.364. The van der Waals surface area contributed by atoms with Crippen LogP contribution in [0, 0.1) is 12.3 Å². The number of halogens is 1. The number of fused-ring (bicyclic) bond motifs is 1. The second-order valence-corrected chi connectivity index (χ2v) is 10.8. The number of rotatable bonds is 5. The minimum absolute atomic E-state index is 0.000841. The van der Waals surface area contributed by atoms with Crippen LogP contribution in [-0.2, 0) is 24.3 Å². The molecule has 2 aromatic rings. The third kappa shape index (κ3) is 3.86. The van der Waals surface area contributed by atoms with E-state index in [1.807, 2.05) is 13.0 Å². The number of ether oxygens (including phenoxy) is 2. The van der Waals surface area contributed by atoms with Crippen LogP contribution >= 0.6 is 15.9 Å². The van der Waals surface area contributed by atoms with Crippen molar-refractivity contribution in [3.63, 3.8) is 0 Å². The largest absolute Gasteiger partial charge is 0.486 e. The van der Waals surface area contributed by atoms with Crippen molar-refractivity contribution in [2.24, 2.45) is 5.41 Å². The molecule has 2 aliphatic rings. The molecule has 8 nitrogen and oxygen atoms in total. The molecule has 2 aliphatic heterocycles. The first-order valence-electron chi connectivity index (χ1n) is 10.1. The summed E-state index contributed by atoms with van der Waals surface area (Å²) in [4.78, 5) is 25.3. The molecule has 0 spiro atoms. The minimum Gasteiger partial charge on any atom is -0.486 e. The molecule has 1 N–H and O–H groups in total. The van der Waals surface area contributed by atoms with Gasteiger partial charge >= 0.3 is 5.97 Å². The topological polar surface area (TPSA) is 102 Å². The van der Waals surface area contributed by atoms with Gasteiger partial charge in [0.2, 0.25) is 5.91 Å². The molecule has 2 aromatic carbocycles. The van der Waals surface area contributed by atoms with Crippen molar-refractivity contribution in [1.82, 2.24) is 5.32 Å². The van der Waals surface area contributed by atoms with Gasteiger partial charge in [-0.15, -0.1) is 0 Å². The van der Waals surface area contributed by atoms with Crippen molar-refractivity contribution in [2.75, 3.05) is 24.5 Å². The SMILES string of the molecule is COC(=O)C1(C[C@H]2CN(S(=O)(=O)c3cccc(C)c3)c3cc(Br)ccc3O2)CCNC1=O. The Morgan fingerprint density at radius 3 is 2.75 bits per heavy atom. The standard InChI is InChI=1S/C22H23BrN2O6S/c1-14-4-3-5-17(10-14)32(28,29)25-13-16(31-19-7-6-15(23)11-18(19)25)12-22(21(27)30-2)8-9-24-20(22)26/h3-7,10-11,16H,8-9,12-13H2,1-2H3,(H,24,26)/t16-,22?/m0/s1. The van der Waals surface area contributed by atoms with E-state index in [-0.39, 0.29) is 24.3 Å². The molecule has 0 aliphatic carbocycles. The third-order valence-corrected chi connectivity index (χ3v) is 8.12. The summed E-state index contributed by atoms with van der Waals surface area (Å²) in [5.41, 5.74) is -0.205. The number of carbonyl (C=O) groups excluding carboxylic acids is 2. The summed E-state index contributed by atoms with van der Waals surface area (Å²) in [7, 11) is -2.69. The van der Waals surface area contributed by atoms with Gasteiger partial charge in [0.05, 0.1) is 24.2 Å². The summed E-state index contributed by atoms with van der Waals surface area (Å²) in [6, 6.07) is 11.8. The van der Waals surface area contributed by atoms with Crippen LogP contribution < -0.4 is 14.4 Å². The van der Waals surface area contributed by atoms with E-state index in [1.54, 1.807) is 36.4 Å². The van der Waals surface area contributed by atoms with E-state index in [1.165, 1.54) is 11.4 Å². The zero-order valence-corrected chi connectivity index (χ0v) is 20.0. The lowest BCUT2D eigenvalue weighted by atomic mass is 9.80. The average molecular weight is 523 g/mol. The van der Waals surface area contributed by atoms with Gasteiger partial charge in [-0.2, -0.15) is 0 Å². The highest BCUT2D eigenvalue weighted by Gasteiger charge is 2.53. The molecule has 4 rings (SSSR count). The Morgan fingerprint density at radius 2 is 2.09 bits per heavy atom. The van der Waals surface area contributed by atoms with Gasteiger partial charge in [0, 0.05) is 17.4 Å². The lowest BCUT2D eigenvalue weighted by molar-refractivity contribution is -0.158. The Labute approximate surface area is 195 Å². The number of benzene rings is 2. The van der Waals surface area contributed by atoms with Gasteiger partial charge in [-0.3, -0.25) is 13.9 Å². The van der Waals surface area contributed by atoms with Gasteiger partial charge in [-0.05, 0) is 49.2 Å². The van der Waals surface area contributed by atoms with Crippen LogP contribution in [0.15, 0.2) is 51.8 Å². The van der Waals surface area contributed by atoms with Crippen molar-refractivity contribution < 1.29 is 27.5 Å². The third-order valence-electron chi connectivity index (χ3n) is 5.85. The molecular formula is C22H23BrN2O6S. The number of sulfonamides is 1. The van der Waals surface area contributed by atoms with Crippen LogP contribution in [0.25, 0.3) is 0 Å². The van der Waals surface area contributed by atoms with E-state index < -0.39 is 33.4 Å². The summed E-state index contributed by atoms with van der Waals surface area (Å²) in [5, 5.41) is 2.68. The Morgan fingerprint density at radius 1 is 1.31 bits per heavy atom. The number of esters is 1. The smallest absolute Gasteiger partial charge is 0.321 e. The lowest BCUT2D eigenvalue weighted by Gasteiger charge is -2.38. The highest BCUT2D eigenvalue weighted by molar-refractivity contribution is 9.10. The lowest BCUT2D eigenvalue weighted by Crippen LogP contribution is -2.49. The van der Waals surface area contributed by atoms with E-state index in [2.05, 4.69) is 21.2 Å². The first kappa shape index (κ1) is 22.6. The number of nitrogens with zero attached hydrogens (tertiary/aromatic N) is 1. The first-order valence-corrected chi connectivity index (χ1v) is 12.3. The Hall–Kier alpha value is -2.59. The van der Waals surface area contributed by atoms with Gasteiger partial charge in [0.1, 0.15) is 11.9 Å². The minimum atomic E-state index is -3.92. The van der Waals surface area contributed by atoms with E-state index >= 15 is 0 Å². The summed E-state index contributed by atoms with van der Waals surface area (Å²) in [6.07, 6.45) is -0.469. The quantitative estimate of drug-likeness (QED) is 0.478. The maximum atomic E-state index is 13.6. The molecule has 32 heavy (non-hydrogen) atoms. The fourth-order valence-electron chi connectivity index (χ4n) is 4.25. The van der Waals surface area contributed by atoms with Gasteiger partial charge in [-0.1, -0.05) is 28.1 Å². The molecule has 170 valence electrons. The van der Waals surface area contributed by atoms with Crippen LogP contribution in [0.3, 0.4) is 0 Å². The van der Waals surface area contributed by atoms with E-state index in [0.717, 1.165) is 5.56 Å². The molecule has 0 bridgehead atoms. The highest BCUT2D eigenvalue weighted by atomic mass is 79.9. The van der Waals surface area contributed by atoms with Crippen molar-refractivity contribution in [2.45, 2.75) is 30.8 Å².